The Morgan fingerprint density at radius 3 is 2.14 bits per heavy atom. The van der Waals surface area contributed by atoms with E-state index >= 15 is 0 Å². The summed E-state index contributed by atoms with van der Waals surface area (Å²) in [6, 6.07) is -3.76. The number of thiol groups is 1. The fourth-order valence-corrected chi connectivity index (χ4v) is 2.93. The van der Waals surface area contributed by atoms with Crippen LogP contribution in [0.25, 0.3) is 0 Å². The average Bonchev–Trinajstić information content (AvgIpc) is 2.68. The average molecular weight is 452 g/mol. The topological polar surface area (TPSA) is 177 Å². The van der Waals surface area contributed by atoms with E-state index in [0.29, 0.717) is 31.6 Å². The van der Waals surface area contributed by atoms with Gasteiger partial charge in [-0.15, -0.1) is 0 Å². The number of rotatable bonds is 15. The summed E-state index contributed by atoms with van der Waals surface area (Å²) in [5.41, 5.74) is 11.0. The Balaban J connectivity index is 4.98. The van der Waals surface area contributed by atoms with Crippen molar-refractivity contribution in [2.45, 2.75) is 56.8 Å². The first-order chi connectivity index (χ1) is 13.7. The van der Waals surface area contributed by atoms with Crippen LogP contribution in [0.3, 0.4) is 0 Å². The van der Waals surface area contributed by atoms with E-state index in [9.17, 15) is 24.3 Å². The van der Waals surface area contributed by atoms with E-state index in [-0.39, 0.29) is 12.2 Å². The van der Waals surface area contributed by atoms with Crippen molar-refractivity contribution in [1.29, 1.82) is 0 Å². The zero-order chi connectivity index (χ0) is 22.4. The molecule has 4 atom stereocenters. The van der Waals surface area contributed by atoms with Crippen LogP contribution in [-0.2, 0) is 19.2 Å². The first kappa shape index (κ1) is 27.5. The number of hydrogen-bond acceptors (Lipinski definition) is 8. The number of carbonyl (C=O) groups is 4. The minimum atomic E-state index is -1.15. The second kappa shape index (κ2) is 15.4. The number of thioether (sulfide) groups is 1. The first-order valence-electron chi connectivity index (χ1n) is 9.37. The summed E-state index contributed by atoms with van der Waals surface area (Å²) >= 11 is 5.42. The van der Waals surface area contributed by atoms with Gasteiger partial charge in [-0.2, -0.15) is 24.4 Å². The molecule has 29 heavy (non-hydrogen) atoms. The summed E-state index contributed by atoms with van der Waals surface area (Å²) in [5.74, 6) is -2.13. The van der Waals surface area contributed by atoms with Gasteiger partial charge in [0.05, 0.1) is 6.04 Å². The number of hydrogen-bond donors (Lipinski definition) is 7. The summed E-state index contributed by atoms with van der Waals surface area (Å²) in [6.07, 6.45) is 3.62. The highest BCUT2D eigenvalue weighted by molar-refractivity contribution is 7.98. The zero-order valence-electron chi connectivity index (χ0n) is 16.8. The summed E-state index contributed by atoms with van der Waals surface area (Å²) in [7, 11) is 0. The minimum Gasteiger partial charge on any atom is -0.480 e. The Morgan fingerprint density at radius 1 is 1.00 bits per heavy atom. The van der Waals surface area contributed by atoms with Gasteiger partial charge in [-0.1, -0.05) is 0 Å². The van der Waals surface area contributed by atoms with Crippen molar-refractivity contribution in [3.8, 4) is 0 Å². The predicted octanol–water partition coefficient (Wildman–Crippen LogP) is -1.32. The molecule has 3 amide bonds. The maximum absolute atomic E-state index is 12.6. The number of unbranched alkanes of at least 4 members (excludes halogenated alkanes) is 1. The van der Waals surface area contributed by atoms with Crippen LogP contribution in [0.5, 0.6) is 0 Å². The summed E-state index contributed by atoms with van der Waals surface area (Å²) in [6.45, 7) is 1.90. The molecule has 0 aromatic heterocycles. The highest BCUT2D eigenvalue weighted by Gasteiger charge is 2.28. The Labute approximate surface area is 181 Å². The third-order valence-corrected chi connectivity index (χ3v) is 5.13. The molecule has 4 unspecified atom stereocenters. The number of carboxylic acid groups (broad SMARTS) is 1. The second-order valence-corrected chi connectivity index (χ2v) is 7.90. The molecule has 0 aliphatic carbocycles. The van der Waals surface area contributed by atoms with E-state index < -0.39 is 47.9 Å². The van der Waals surface area contributed by atoms with Gasteiger partial charge in [0, 0.05) is 5.75 Å². The van der Waals surface area contributed by atoms with Gasteiger partial charge in [-0.05, 0) is 51.2 Å². The van der Waals surface area contributed by atoms with Crippen molar-refractivity contribution in [3.05, 3.63) is 0 Å². The normalized spacial score (nSPS) is 14.9. The van der Waals surface area contributed by atoms with Crippen LogP contribution in [0, 0.1) is 0 Å². The summed E-state index contributed by atoms with van der Waals surface area (Å²) in [5, 5.41) is 16.8. The van der Waals surface area contributed by atoms with Gasteiger partial charge in [-0.3, -0.25) is 14.4 Å². The molecule has 12 heteroatoms. The first-order valence-corrected chi connectivity index (χ1v) is 11.4. The number of aliphatic carboxylic acids is 1. The molecule has 0 aromatic carbocycles. The third kappa shape index (κ3) is 11.3. The van der Waals surface area contributed by atoms with Gasteiger partial charge >= 0.3 is 5.97 Å². The molecule has 0 aliphatic heterocycles. The van der Waals surface area contributed by atoms with Gasteiger partial charge in [0.1, 0.15) is 18.1 Å². The van der Waals surface area contributed by atoms with Crippen LogP contribution in [0.1, 0.15) is 32.6 Å². The molecule has 0 rings (SSSR count). The number of nitrogens with one attached hydrogen (secondary N) is 3. The highest BCUT2D eigenvalue weighted by Crippen LogP contribution is 2.05. The molecule has 0 fully saturated rings. The summed E-state index contributed by atoms with van der Waals surface area (Å²) in [4.78, 5) is 48.2. The molecule has 0 aromatic rings. The lowest BCUT2D eigenvalue weighted by Gasteiger charge is -2.23. The van der Waals surface area contributed by atoms with E-state index in [4.69, 9.17) is 11.5 Å². The molecule has 0 bridgehead atoms. The van der Waals surface area contributed by atoms with Crippen LogP contribution in [0.15, 0.2) is 0 Å². The zero-order valence-corrected chi connectivity index (χ0v) is 18.6. The fourth-order valence-electron chi connectivity index (χ4n) is 2.29. The van der Waals surface area contributed by atoms with Gasteiger partial charge in [-0.25, -0.2) is 4.79 Å². The predicted molar refractivity (Wildman–Crippen MR) is 117 cm³/mol. The highest BCUT2D eigenvalue weighted by atomic mass is 32.2. The lowest BCUT2D eigenvalue weighted by Crippen LogP contribution is -2.56. The number of carboxylic acids is 1. The molecule has 0 heterocycles. The number of carbonyl (C=O) groups excluding carboxylic acids is 3. The maximum Gasteiger partial charge on any atom is 0.326 e. The molecule has 168 valence electrons. The van der Waals surface area contributed by atoms with Crippen molar-refractivity contribution >= 4 is 48.1 Å². The molecule has 10 nitrogen and oxygen atoms in total. The Kier molecular flexibility index (Phi) is 14.6. The SMILES string of the molecule is CSCCC(NC(=O)C(C)NC(=O)C(N)CS)C(=O)NC(CCCCN)C(=O)O. The summed E-state index contributed by atoms with van der Waals surface area (Å²) < 4.78 is 0. The third-order valence-electron chi connectivity index (χ3n) is 4.09. The van der Waals surface area contributed by atoms with E-state index in [2.05, 4.69) is 28.6 Å². The van der Waals surface area contributed by atoms with E-state index in [1.807, 2.05) is 6.26 Å². The van der Waals surface area contributed by atoms with Crippen molar-refractivity contribution in [2.24, 2.45) is 11.5 Å². The molecule has 0 saturated heterocycles. The standard InChI is InChI=1S/C17H33N5O5S2/c1-10(20-15(24)11(19)9-28)14(23)21-12(6-8-29-2)16(25)22-13(17(26)27)5-3-4-7-18/h10-13,28H,3-9,18-19H2,1-2H3,(H,20,24)(H,21,23)(H,22,25)(H,26,27). The lowest BCUT2D eigenvalue weighted by atomic mass is 10.1. The number of amides is 3. The van der Waals surface area contributed by atoms with Gasteiger partial charge in [0.25, 0.3) is 0 Å². The quantitative estimate of drug-likeness (QED) is 0.118. The second-order valence-electron chi connectivity index (χ2n) is 6.55. The minimum absolute atomic E-state index is 0.125. The Bertz CT molecular complexity index is 552. The van der Waals surface area contributed by atoms with Gasteiger partial charge in [0.2, 0.25) is 17.7 Å². The van der Waals surface area contributed by atoms with Crippen LogP contribution in [0.2, 0.25) is 0 Å². The molecular formula is C17H33N5O5S2. The van der Waals surface area contributed by atoms with Crippen LogP contribution in [0.4, 0.5) is 0 Å². The van der Waals surface area contributed by atoms with Crippen molar-refractivity contribution < 1.29 is 24.3 Å². The van der Waals surface area contributed by atoms with Crippen molar-refractivity contribution in [3.63, 3.8) is 0 Å². The van der Waals surface area contributed by atoms with E-state index in [1.54, 1.807) is 0 Å². The van der Waals surface area contributed by atoms with Gasteiger partial charge in [0.15, 0.2) is 0 Å². The molecule has 0 saturated carbocycles. The van der Waals surface area contributed by atoms with E-state index in [0.717, 1.165) is 0 Å². The van der Waals surface area contributed by atoms with E-state index in [1.165, 1.54) is 18.7 Å². The van der Waals surface area contributed by atoms with Crippen LogP contribution in [-0.4, -0.2) is 77.3 Å². The monoisotopic (exact) mass is 451 g/mol. The molecule has 8 N–H and O–H groups in total. The van der Waals surface area contributed by atoms with Gasteiger partial charge < -0.3 is 32.5 Å². The van der Waals surface area contributed by atoms with Crippen molar-refractivity contribution in [1.82, 2.24) is 16.0 Å². The van der Waals surface area contributed by atoms with Crippen LogP contribution < -0.4 is 27.4 Å². The van der Waals surface area contributed by atoms with Crippen molar-refractivity contribution in [2.75, 3.05) is 24.3 Å². The lowest BCUT2D eigenvalue weighted by molar-refractivity contribution is -0.142. The Morgan fingerprint density at radius 2 is 1.62 bits per heavy atom. The maximum atomic E-state index is 12.6. The molecule has 0 spiro atoms. The van der Waals surface area contributed by atoms with Crippen LogP contribution >= 0.6 is 24.4 Å². The smallest absolute Gasteiger partial charge is 0.326 e. The molecule has 0 radical (unpaired) electrons. The number of nitrogens with two attached hydrogens (primary N) is 2. The largest absolute Gasteiger partial charge is 0.480 e. The molecular weight excluding hydrogens is 418 g/mol. The molecule has 0 aliphatic rings. The fraction of sp³-hybridized carbons (Fsp3) is 0.765. The Hall–Kier alpha value is -1.50.